The van der Waals surface area contributed by atoms with Gasteiger partial charge in [-0.15, -0.1) is 11.3 Å². The number of thiazole rings is 1. The molecule has 19 heavy (non-hydrogen) atoms. The maximum absolute atomic E-state index is 12.0. The Labute approximate surface area is 115 Å². The number of hydrogen-bond donors (Lipinski definition) is 2. The lowest BCUT2D eigenvalue weighted by atomic mass is 10.4. The molecule has 2 aromatic heterocycles. The lowest BCUT2D eigenvalue weighted by molar-refractivity contribution is 0.581. The number of nitrogen functional groups attached to an aromatic ring is 1. The highest BCUT2D eigenvalue weighted by atomic mass is 32.2. The van der Waals surface area contributed by atoms with Crippen molar-refractivity contribution < 1.29 is 8.42 Å². The van der Waals surface area contributed by atoms with Gasteiger partial charge in [0.05, 0.1) is 6.54 Å². The highest BCUT2D eigenvalue weighted by molar-refractivity contribution is 7.89. The standard InChI is InChI=1S/C10H15N5O2S2/c1-3-7-4-12-9(18-7)5-13-19(16,17)8-6-15(2)14-10(8)11/h4,6,13H,3,5H2,1-2H3,(H2,11,14). The molecule has 0 aromatic carbocycles. The van der Waals surface area contributed by atoms with Gasteiger partial charge in [0.15, 0.2) is 5.82 Å². The van der Waals surface area contributed by atoms with Crippen molar-refractivity contribution >= 4 is 27.2 Å². The Bertz CT molecular complexity index is 674. The van der Waals surface area contributed by atoms with E-state index in [1.807, 2.05) is 6.92 Å². The van der Waals surface area contributed by atoms with Gasteiger partial charge in [-0.05, 0) is 6.42 Å². The lowest BCUT2D eigenvalue weighted by Crippen LogP contribution is -2.23. The number of sulfonamides is 1. The quantitative estimate of drug-likeness (QED) is 0.837. The van der Waals surface area contributed by atoms with Crippen molar-refractivity contribution in [1.82, 2.24) is 19.5 Å². The van der Waals surface area contributed by atoms with Crippen LogP contribution in [0.5, 0.6) is 0 Å². The first-order valence-corrected chi connectivity index (χ1v) is 7.94. The van der Waals surface area contributed by atoms with Crippen LogP contribution in [-0.4, -0.2) is 23.2 Å². The predicted octanol–water partition coefficient (Wildman–Crippen LogP) is 0.500. The summed E-state index contributed by atoms with van der Waals surface area (Å²) in [5, 5.41) is 4.54. The van der Waals surface area contributed by atoms with E-state index in [0.29, 0.717) is 0 Å². The number of aromatic nitrogens is 3. The van der Waals surface area contributed by atoms with Crippen molar-refractivity contribution in [3.63, 3.8) is 0 Å². The Hall–Kier alpha value is -1.45. The van der Waals surface area contributed by atoms with Crippen LogP contribution in [0.15, 0.2) is 17.3 Å². The number of nitrogens with two attached hydrogens (primary N) is 1. The van der Waals surface area contributed by atoms with E-state index in [2.05, 4.69) is 14.8 Å². The first-order chi connectivity index (χ1) is 8.92. The fraction of sp³-hybridized carbons (Fsp3) is 0.400. The van der Waals surface area contributed by atoms with E-state index in [4.69, 9.17) is 5.73 Å². The molecule has 2 rings (SSSR count). The molecule has 0 saturated heterocycles. The Morgan fingerprint density at radius 3 is 2.79 bits per heavy atom. The molecule has 0 amide bonds. The summed E-state index contributed by atoms with van der Waals surface area (Å²) in [6.07, 6.45) is 4.02. The van der Waals surface area contributed by atoms with Crippen LogP contribution in [-0.2, 0) is 30.0 Å². The number of nitrogens with zero attached hydrogens (tertiary/aromatic N) is 3. The largest absolute Gasteiger partial charge is 0.381 e. The van der Waals surface area contributed by atoms with Gasteiger partial charge in [0.2, 0.25) is 10.0 Å². The first-order valence-electron chi connectivity index (χ1n) is 5.64. The van der Waals surface area contributed by atoms with Gasteiger partial charge in [0.25, 0.3) is 0 Å². The van der Waals surface area contributed by atoms with Crippen LogP contribution in [0.3, 0.4) is 0 Å². The zero-order valence-electron chi connectivity index (χ0n) is 10.6. The minimum Gasteiger partial charge on any atom is -0.381 e. The summed E-state index contributed by atoms with van der Waals surface area (Å²) in [6, 6.07) is 0. The fourth-order valence-electron chi connectivity index (χ4n) is 1.52. The van der Waals surface area contributed by atoms with Gasteiger partial charge in [0.1, 0.15) is 9.90 Å². The predicted molar refractivity (Wildman–Crippen MR) is 73.1 cm³/mol. The van der Waals surface area contributed by atoms with Crippen LogP contribution in [0.2, 0.25) is 0 Å². The third kappa shape index (κ3) is 3.11. The molecule has 0 fully saturated rings. The smallest absolute Gasteiger partial charge is 0.246 e. The summed E-state index contributed by atoms with van der Waals surface area (Å²) in [5.41, 5.74) is 5.56. The van der Waals surface area contributed by atoms with Crippen molar-refractivity contribution in [1.29, 1.82) is 0 Å². The summed E-state index contributed by atoms with van der Waals surface area (Å²) in [4.78, 5) is 5.26. The molecule has 0 aliphatic carbocycles. The summed E-state index contributed by atoms with van der Waals surface area (Å²) in [6.45, 7) is 2.18. The third-order valence-electron chi connectivity index (χ3n) is 2.47. The van der Waals surface area contributed by atoms with Crippen LogP contribution in [0.1, 0.15) is 16.8 Å². The van der Waals surface area contributed by atoms with Crippen LogP contribution in [0.25, 0.3) is 0 Å². The molecule has 0 radical (unpaired) electrons. The molecule has 9 heteroatoms. The number of aryl methyl sites for hydroxylation is 2. The Balaban J connectivity index is 2.11. The SMILES string of the molecule is CCc1cnc(CNS(=O)(=O)c2cn(C)nc2N)s1. The van der Waals surface area contributed by atoms with E-state index in [0.717, 1.165) is 16.3 Å². The van der Waals surface area contributed by atoms with Crippen molar-refractivity contribution in [3.8, 4) is 0 Å². The molecule has 2 aromatic rings. The van der Waals surface area contributed by atoms with E-state index in [9.17, 15) is 8.42 Å². The molecule has 0 aliphatic heterocycles. The molecule has 0 spiro atoms. The second-order valence-electron chi connectivity index (χ2n) is 3.95. The first kappa shape index (κ1) is 14.0. The summed E-state index contributed by atoms with van der Waals surface area (Å²) in [7, 11) is -2.04. The van der Waals surface area contributed by atoms with Gasteiger partial charge < -0.3 is 5.73 Å². The lowest BCUT2D eigenvalue weighted by Gasteiger charge is -2.02. The molecule has 0 aliphatic rings. The van der Waals surface area contributed by atoms with Crippen LogP contribution in [0, 0.1) is 0 Å². The van der Waals surface area contributed by atoms with E-state index >= 15 is 0 Å². The minimum absolute atomic E-state index is 0.0108. The highest BCUT2D eigenvalue weighted by Gasteiger charge is 2.20. The zero-order chi connectivity index (χ0) is 14.0. The van der Waals surface area contributed by atoms with E-state index in [-0.39, 0.29) is 17.3 Å². The second kappa shape index (κ2) is 5.27. The highest BCUT2D eigenvalue weighted by Crippen LogP contribution is 2.17. The van der Waals surface area contributed by atoms with Crippen LogP contribution >= 0.6 is 11.3 Å². The average Bonchev–Trinajstić information content (AvgIpc) is 2.93. The van der Waals surface area contributed by atoms with Gasteiger partial charge in [-0.2, -0.15) is 5.10 Å². The molecular formula is C10H15N5O2S2. The molecule has 7 nitrogen and oxygen atoms in total. The maximum Gasteiger partial charge on any atom is 0.246 e. The average molecular weight is 301 g/mol. The number of hydrogen-bond acceptors (Lipinski definition) is 6. The van der Waals surface area contributed by atoms with Gasteiger partial charge in [-0.1, -0.05) is 6.92 Å². The van der Waals surface area contributed by atoms with E-state index in [1.54, 1.807) is 13.2 Å². The van der Waals surface area contributed by atoms with E-state index < -0.39 is 10.0 Å². The summed E-state index contributed by atoms with van der Waals surface area (Å²) < 4.78 is 27.9. The topological polar surface area (TPSA) is 103 Å². The van der Waals surface area contributed by atoms with Crippen LogP contribution in [0.4, 0.5) is 5.82 Å². The maximum atomic E-state index is 12.0. The van der Waals surface area contributed by atoms with Gasteiger partial charge >= 0.3 is 0 Å². The Morgan fingerprint density at radius 1 is 1.53 bits per heavy atom. The molecule has 0 unspecified atom stereocenters. The number of nitrogens with one attached hydrogen (secondary N) is 1. The molecule has 0 bridgehead atoms. The monoisotopic (exact) mass is 301 g/mol. The molecule has 3 N–H and O–H groups in total. The molecule has 104 valence electrons. The molecular weight excluding hydrogens is 286 g/mol. The van der Waals surface area contributed by atoms with Crippen molar-refractivity contribution in [2.24, 2.45) is 7.05 Å². The summed E-state index contributed by atoms with van der Waals surface area (Å²) in [5.74, 6) is -0.0108. The number of anilines is 1. The second-order valence-corrected chi connectivity index (χ2v) is 6.89. The molecule has 2 heterocycles. The van der Waals surface area contributed by atoms with Gasteiger partial charge in [0, 0.05) is 24.3 Å². The normalized spacial score (nSPS) is 11.9. The van der Waals surface area contributed by atoms with Crippen LogP contribution < -0.4 is 10.5 Å². The third-order valence-corrected chi connectivity index (χ3v) is 5.03. The summed E-state index contributed by atoms with van der Waals surface area (Å²) >= 11 is 1.49. The van der Waals surface area contributed by atoms with Gasteiger partial charge in [-0.25, -0.2) is 18.1 Å². The minimum atomic E-state index is -3.66. The molecule has 0 atom stereocenters. The van der Waals surface area contributed by atoms with Crippen molar-refractivity contribution in [2.75, 3.05) is 5.73 Å². The van der Waals surface area contributed by atoms with E-state index in [1.165, 1.54) is 22.2 Å². The molecule has 0 saturated carbocycles. The Morgan fingerprint density at radius 2 is 2.26 bits per heavy atom. The van der Waals surface area contributed by atoms with Crippen molar-refractivity contribution in [3.05, 3.63) is 22.3 Å². The fourth-order valence-corrected chi connectivity index (χ4v) is 3.50. The van der Waals surface area contributed by atoms with Gasteiger partial charge in [-0.3, -0.25) is 4.68 Å². The van der Waals surface area contributed by atoms with Crippen molar-refractivity contribution in [2.45, 2.75) is 24.8 Å². The zero-order valence-corrected chi connectivity index (χ0v) is 12.3. The Kier molecular flexibility index (Phi) is 3.88. The number of rotatable bonds is 5.